The van der Waals surface area contributed by atoms with Crippen LogP contribution in [-0.4, -0.2) is 22.6 Å². The number of pyridine rings is 1. The Morgan fingerprint density at radius 3 is 2.60 bits per heavy atom. The van der Waals surface area contributed by atoms with Gasteiger partial charge < -0.3 is 9.15 Å². The van der Waals surface area contributed by atoms with E-state index in [1.807, 2.05) is 57.2 Å². The molecule has 1 amide bonds. The van der Waals surface area contributed by atoms with Gasteiger partial charge in [0.25, 0.3) is 5.91 Å². The molecule has 0 radical (unpaired) electrons. The van der Waals surface area contributed by atoms with Crippen LogP contribution < -0.4 is 10.2 Å². The maximum absolute atomic E-state index is 13.1. The molecule has 7 heteroatoms. The molecule has 0 bridgehead atoms. The number of aromatic nitrogens is 1. The van der Waals surface area contributed by atoms with Gasteiger partial charge in [-0.1, -0.05) is 35.9 Å². The molecule has 2 aromatic heterocycles. The first-order chi connectivity index (χ1) is 16.9. The maximum atomic E-state index is 13.1. The second kappa shape index (κ2) is 9.18. The van der Waals surface area contributed by atoms with E-state index in [4.69, 9.17) is 9.15 Å². The molecule has 35 heavy (non-hydrogen) atoms. The quantitative estimate of drug-likeness (QED) is 0.245. The second-order valence-corrected chi connectivity index (χ2v) is 8.74. The number of fused-ring (bicyclic) bond motifs is 2. The molecular formula is C28H25N3O4. The molecule has 0 atom stereocenters. The van der Waals surface area contributed by atoms with Crippen molar-refractivity contribution in [3.63, 3.8) is 0 Å². The van der Waals surface area contributed by atoms with Gasteiger partial charge in [-0.25, -0.2) is 15.2 Å². The predicted octanol–water partition coefficient (Wildman–Crippen LogP) is 5.44. The normalized spacial score (nSPS) is 14.1. The van der Waals surface area contributed by atoms with E-state index in [0.717, 1.165) is 28.6 Å². The van der Waals surface area contributed by atoms with E-state index in [2.05, 4.69) is 15.5 Å². The molecule has 0 fully saturated rings. The summed E-state index contributed by atoms with van der Waals surface area (Å²) < 4.78 is 11.7. The fraction of sp³-hybridized carbons (Fsp3) is 0.214. The molecule has 1 aliphatic rings. The van der Waals surface area contributed by atoms with Crippen LogP contribution in [0.5, 0.6) is 5.75 Å². The zero-order chi connectivity index (χ0) is 24.5. The first-order valence-electron chi connectivity index (χ1n) is 11.6. The highest BCUT2D eigenvalue weighted by atomic mass is 16.5. The van der Waals surface area contributed by atoms with Crippen LogP contribution >= 0.6 is 0 Å². The Kier molecular flexibility index (Phi) is 5.91. The van der Waals surface area contributed by atoms with Gasteiger partial charge >= 0.3 is 5.97 Å². The SMILES string of the molecule is Cc1ccc(C(=O)N/N=C2\CCCc3oc(C(=O)Oc4cccc5ccc(C)nc45)c(C)c32)cc1. The molecule has 176 valence electrons. The lowest BCUT2D eigenvalue weighted by atomic mass is 9.93. The van der Waals surface area contributed by atoms with Crippen molar-refractivity contribution in [3.8, 4) is 5.75 Å². The van der Waals surface area contributed by atoms with Gasteiger partial charge in [-0.15, -0.1) is 0 Å². The largest absolute Gasteiger partial charge is 0.453 e. The molecule has 4 aromatic rings. The summed E-state index contributed by atoms with van der Waals surface area (Å²) in [4.78, 5) is 30.2. The Labute approximate surface area is 202 Å². The first kappa shape index (κ1) is 22.5. The summed E-state index contributed by atoms with van der Waals surface area (Å²) in [6.07, 6.45) is 2.16. The molecular weight excluding hydrogens is 442 g/mol. The van der Waals surface area contributed by atoms with Gasteiger partial charge in [0.1, 0.15) is 11.3 Å². The monoisotopic (exact) mass is 467 g/mol. The number of hydrogen-bond acceptors (Lipinski definition) is 6. The lowest BCUT2D eigenvalue weighted by Gasteiger charge is -2.13. The standard InChI is InChI=1S/C28H25N3O4/c1-16-10-13-20(14-11-16)27(32)31-30-21-7-5-8-22-24(21)18(3)26(34-22)28(33)35-23-9-4-6-19-15-12-17(2)29-25(19)23/h4,6,9-15H,5,7-8H2,1-3H3,(H,31,32)/b30-21+. The van der Waals surface area contributed by atoms with E-state index in [1.54, 1.807) is 18.2 Å². The van der Waals surface area contributed by atoms with Crippen molar-refractivity contribution in [2.75, 3.05) is 0 Å². The number of esters is 1. The average Bonchev–Trinajstić information content (AvgIpc) is 3.20. The van der Waals surface area contributed by atoms with Gasteiger partial charge in [-0.05, 0) is 57.9 Å². The van der Waals surface area contributed by atoms with E-state index in [1.165, 1.54) is 0 Å². The van der Waals surface area contributed by atoms with Gasteiger partial charge in [0.15, 0.2) is 5.75 Å². The molecule has 0 saturated heterocycles. The number of rotatable bonds is 4. The molecule has 0 unspecified atom stereocenters. The second-order valence-electron chi connectivity index (χ2n) is 8.74. The number of amides is 1. The number of carbonyl (C=O) groups is 2. The summed E-state index contributed by atoms with van der Waals surface area (Å²) >= 11 is 0. The Hall–Kier alpha value is -4.26. The number of nitrogens with zero attached hydrogens (tertiary/aromatic N) is 2. The summed E-state index contributed by atoms with van der Waals surface area (Å²) in [6.45, 7) is 5.67. The molecule has 0 spiro atoms. The van der Waals surface area contributed by atoms with E-state index < -0.39 is 5.97 Å². The van der Waals surface area contributed by atoms with Crippen LogP contribution in [0.25, 0.3) is 10.9 Å². The average molecular weight is 468 g/mol. The summed E-state index contributed by atoms with van der Waals surface area (Å²) in [5.41, 5.74) is 7.81. The number of furan rings is 1. The third-order valence-electron chi connectivity index (χ3n) is 6.14. The minimum Gasteiger partial charge on any atom is -0.453 e. The number of aryl methyl sites for hydroxylation is 3. The lowest BCUT2D eigenvalue weighted by Crippen LogP contribution is -2.22. The minimum atomic E-state index is -0.587. The summed E-state index contributed by atoms with van der Waals surface area (Å²) in [7, 11) is 0. The number of carbonyl (C=O) groups excluding carboxylic acids is 2. The zero-order valence-corrected chi connectivity index (χ0v) is 19.8. The molecule has 2 aromatic carbocycles. The minimum absolute atomic E-state index is 0.138. The number of benzene rings is 2. The van der Waals surface area contributed by atoms with Gasteiger partial charge in [0.2, 0.25) is 5.76 Å². The lowest BCUT2D eigenvalue weighted by molar-refractivity contribution is 0.0700. The molecule has 2 heterocycles. The Morgan fingerprint density at radius 1 is 1.00 bits per heavy atom. The van der Waals surface area contributed by atoms with Gasteiger partial charge in [-0.3, -0.25) is 4.79 Å². The van der Waals surface area contributed by atoms with Crippen molar-refractivity contribution in [3.05, 3.63) is 94.1 Å². The Morgan fingerprint density at radius 2 is 1.80 bits per heavy atom. The molecule has 5 rings (SSSR count). The van der Waals surface area contributed by atoms with Crippen LogP contribution in [0.4, 0.5) is 0 Å². The summed E-state index contributed by atoms with van der Waals surface area (Å²) in [5, 5.41) is 5.27. The van der Waals surface area contributed by atoms with E-state index in [0.29, 0.717) is 46.7 Å². The van der Waals surface area contributed by atoms with Crippen molar-refractivity contribution in [1.82, 2.24) is 10.4 Å². The zero-order valence-electron chi connectivity index (χ0n) is 19.8. The van der Waals surface area contributed by atoms with Gasteiger partial charge in [0.05, 0.1) is 5.71 Å². The Balaban J connectivity index is 1.41. The predicted molar refractivity (Wildman–Crippen MR) is 133 cm³/mol. The van der Waals surface area contributed by atoms with Crippen LogP contribution in [0.3, 0.4) is 0 Å². The van der Waals surface area contributed by atoms with Gasteiger partial charge in [0, 0.05) is 34.2 Å². The maximum Gasteiger partial charge on any atom is 0.380 e. The molecule has 0 saturated carbocycles. The van der Waals surface area contributed by atoms with Crippen molar-refractivity contribution >= 4 is 28.5 Å². The third-order valence-corrected chi connectivity index (χ3v) is 6.14. The van der Waals surface area contributed by atoms with E-state index in [9.17, 15) is 9.59 Å². The topological polar surface area (TPSA) is 93.8 Å². The number of hydrazone groups is 1. The molecule has 1 N–H and O–H groups in total. The number of para-hydroxylation sites is 1. The number of hydrogen-bond donors (Lipinski definition) is 1. The van der Waals surface area contributed by atoms with E-state index in [-0.39, 0.29) is 11.7 Å². The van der Waals surface area contributed by atoms with Crippen molar-refractivity contribution < 1.29 is 18.7 Å². The summed E-state index contributed by atoms with van der Waals surface area (Å²) in [5.74, 6) is 0.319. The fourth-order valence-electron chi connectivity index (χ4n) is 4.31. The van der Waals surface area contributed by atoms with Crippen LogP contribution in [0.1, 0.15) is 61.9 Å². The van der Waals surface area contributed by atoms with Crippen LogP contribution in [0.2, 0.25) is 0 Å². The van der Waals surface area contributed by atoms with Crippen LogP contribution in [0.15, 0.2) is 64.1 Å². The van der Waals surface area contributed by atoms with Crippen LogP contribution in [-0.2, 0) is 6.42 Å². The Bertz CT molecular complexity index is 1480. The number of ether oxygens (including phenoxy) is 1. The van der Waals surface area contributed by atoms with E-state index >= 15 is 0 Å². The molecule has 1 aliphatic carbocycles. The molecule has 7 nitrogen and oxygen atoms in total. The van der Waals surface area contributed by atoms with Crippen molar-refractivity contribution in [2.24, 2.45) is 5.10 Å². The smallest absolute Gasteiger partial charge is 0.380 e. The highest BCUT2D eigenvalue weighted by molar-refractivity contribution is 6.07. The van der Waals surface area contributed by atoms with Crippen LogP contribution in [0, 0.1) is 20.8 Å². The van der Waals surface area contributed by atoms with Crippen molar-refractivity contribution in [1.29, 1.82) is 0 Å². The summed E-state index contributed by atoms with van der Waals surface area (Å²) in [6, 6.07) is 16.6. The number of nitrogens with one attached hydrogen (secondary N) is 1. The van der Waals surface area contributed by atoms with Gasteiger partial charge in [-0.2, -0.15) is 5.10 Å². The fourth-order valence-corrected chi connectivity index (χ4v) is 4.31. The molecule has 0 aliphatic heterocycles. The first-order valence-corrected chi connectivity index (χ1v) is 11.6. The highest BCUT2D eigenvalue weighted by Crippen LogP contribution is 2.31. The van der Waals surface area contributed by atoms with Crippen molar-refractivity contribution in [2.45, 2.75) is 40.0 Å². The highest BCUT2D eigenvalue weighted by Gasteiger charge is 2.29. The third kappa shape index (κ3) is 4.45.